The number of aryl methyl sites for hydroxylation is 2. The minimum atomic E-state index is -0.150. The van der Waals surface area contributed by atoms with Gasteiger partial charge in [0.1, 0.15) is 0 Å². The van der Waals surface area contributed by atoms with Crippen LogP contribution in [0.15, 0.2) is 12.4 Å². The smallest absolute Gasteiger partial charge is 0.229 e. The van der Waals surface area contributed by atoms with E-state index in [4.69, 9.17) is 0 Å². The Bertz CT molecular complexity index is 411. The highest BCUT2D eigenvalue weighted by molar-refractivity contribution is 5.98. The second-order valence-corrected chi connectivity index (χ2v) is 4.21. The van der Waals surface area contributed by atoms with Gasteiger partial charge in [0, 0.05) is 25.6 Å². The summed E-state index contributed by atoms with van der Waals surface area (Å²) in [7, 11) is 1.87. The van der Waals surface area contributed by atoms with Crippen LogP contribution in [-0.2, 0) is 23.1 Å². The largest absolute Gasteiger partial charge is 0.296 e. The Balaban J connectivity index is 1.86. The lowest BCUT2D eigenvalue weighted by Gasteiger charge is -2.20. The minimum absolute atomic E-state index is 0.0297. The highest BCUT2D eigenvalue weighted by Gasteiger charge is 2.25. The number of nitrogens with zero attached hydrogens (tertiary/aromatic N) is 2. The third-order valence-electron chi connectivity index (χ3n) is 2.89. The van der Waals surface area contributed by atoms with Gasteiger partial charge in [0.2, 0.25) is 11.8 Å². The van der Waals surface area contributed by atoms with E-state index < -0.39 is 0 Å². The molecule has 1 aliphatic heterocycles. The van der Waals surface area contributed by atoms with Crippen molar-refractivity contribution in [2.75, 3.05) is 0 Å². The van der Waals surface area contributed by atoms with Gasteiger partial charge >= 0.3 is 0 Å². The predicted octanol–water partition coefficient (Wildman–Crippen LogP) is 0.405. The van der Waals surface area contributed by atoms with Crippen LogP contribution in [0.5, 0.6) is 0 Å². The zero-order valence-electron chi connectivity index (χ0n) is 9.27. The molecular weight excluding hydrogens is 206 g/mol. The number of piperidine rings is 1. The van der Waals surface area contributed by atoms with E-state index in [1.165, 1.54) is 0 Å². The van der Waals surface area contributed by atoms with E-state index in [0.29, 0.717) is 12.8 Å². The van der Waals surface area contributed by atoms with Crippen LogP contribution in [-0.4, -0.2) is 21.6 Å². The highest BCUT2D eigenvalue weighted by Crippen LogP contribution is 2.18. The molecular formula is C11H15N3O2. The van der Waals surface area contributed by atoms with Gasteiger partial charge in [-0.1, -0.05) is 0 Å². The van der Waals surface area contributed by atoms with Gasteiger partial charge < -0.3 is 0 Å². The second-order valence-electron chi connectivity index (χ2n) is 4.21. The van der Waals surface area contributed by atoms with Crippen LogP contribution < -0.4 is 5.32 Å². The summed E-state index contributed by atoms with van der Waals surface area (Å²) in [5.74, 6) is -0.305. The number of imide groups is 1. The van der Waals surface area contributed by atoms with Gasteiger partial charge in [0.25, 0.3) is 0 Å². The Morgan fingerprint density at radius 2 is 2.38 bits per heavy atom. The lowest BCUT2D eigenvalue weighted by atomic mass is 9.92. The zero-order chi connectivity index (χ0) is 11.5. The molecule has 1 unspecified atom stereocenters. The summed E-state index contributed by atoms with van der Waals surface area (Å²) in [6, 6.07) is 0. The first kappa shape index (κ1) is 10.9. The van der Waals surface area contributed by atoms with Gasteiger partial charge in [-0.25, -0.2) is 0 Å². The van der Waals surface area contributed by atoms with Gasteiger partial charge in [-0.05, 0) is 24.8 Å². The van der Waals surface area contributed by atoms with Crippen LogP contribution in [0, 0.1) is 5.92 Å². The van der Waals surface area contributed by atoms with E-state index in [0.717, 1.165) is 18.4 Å². The lowest BCUT2D eigenvalue weighted by molar-refractivity contribution is -0.136. The van der Waals surface area contributed by atoms with E-state index >= 15 is 0 Å². The molecule has 2 heterocycles. The molecule has 1 aromatic rings. The minimum Gasteiger partial charge on any atom is -0.296 e. The molecule has 0 bridgehead atoms. The van der Waals surface area contributed by atoms with Gasteiger partial charge in [0.15, 0.2) is 0 Å². The number of amides is 2. The number of nitrogens with one attached hydrogen (secondary N) is 1. The van der Waals surface area contributed by atoms with Crippen LogP contribution in [0.25, 0.3) is 0 Å². The van der Waals surface area contributed by atoms with Gasteiger partial charge in [-0.2, -0.15) is 5.10 Å². The molecule has 1 fully saturated rings. The van der Waals surface area contributed by atoms with Gasteiger partial charge in [-0.15, -0.1) is 0 Å². The highest BCUT2D eigenvalue weighted by atomic mass is 16.2. The van der Waals surface area contributed by atoms with E-state index in [9.17, 15) is 9.59 Å². The topological polar surface area (TPSA) is 64.0 Å². The van der Waals surface area contributed by atoms with E-state index in [1.807, 2.05) is 19.4 Å². The molecule has 5 heteroatoms. The number of carbonyl (C=O) groups is 2. The van der Waals surface area contributed by atoms with Crippen molar-refractivity contribution in [2.45, 2.75) is 25.7 Å². The van der Waals surface area contributed by atoms with E-state index in [2.05, 4.69) is 10.4 Å². The summed E-state index contributed by atoms with van der Waals surface area (Å²) >= 11 is 0. The molecule has 0 aromatic carbocycles. The molecule has 1 N–H and O–H groups in total. The lowest BCUT2D eigenvalue weighted by Crippen LogP contribution is -2.40. The number of hydrogen-bond donors (Lipinski definition) is 1. The first-order chi connectivity index (χ1) is 7.65. The number of rotatable bonds is 3. The van der Waals surface area contributed by atoms with Crippen molar-refractivity contribution < 1.29 is 9.59 Å². The summed E-state index contributed by atoms with van der Waals surface area (Å²) in [6.07, 6.45) is 6.51. The second kappa shape index (κ2) is 4.47. The fraction of sp³-hybridized carbons (Fsp3) is 0.545. The Morgan fingerprint density at radius 3 is 3.00 bits per heavy atom. The molecule has 0 aliphatic carbocycles. The summed E-state index contributed by atoms with van der Waals surface area (Å²) in [5.41, 5.74) is 1.13. The van der Waals surface area contributed by atoms with Crippen molar-refractivity contribution in [1.82, 2.24) is 15.1 Å². The van der Waals surface area contributed by atoms with Crippen LogP contribution in [0.3, 0.4) is 0 Å². The average molecular weight is 221 g/mol. The summed E-state index contributed by atoms with van der Waals surface area (Å²) in [4.78, 5) is 22.4. The normalized spacial score (nSPS) is 20.9. The monoisotopic (exact) mass is 221 g/mol. The molecule has 0 spiro atoms. The van der Waals surface area contributed by atoms with E-state index in [-0.39, 0.29) is 17.7 Å². The van der Waals surface area contributed by atoms with Crippen molar-refractivity contribution >= 4 is 11.8 Å². The zero-order valence-corrected chi connectivity index (χ0v) is 9.27. The van der Waals surface area contributed by atoms with Crippen molar-refractivity contribution in [1.29, 1.82) is 0 Å². The van der Waals surface area contributed by atoms with Crippen molar-refractivity contribution in [3.8, 4) is 0 Å². The standard InChI is InChI=1S/C11H15N3O2/c1-14-7-8(6-12-14)2-3-9-4-5-10(15)13-11(9)16/h6-7,9H,2-5H2,1H3,(H,13,15,16). The molecule has 86 valence electrons. The maximum Gasteiger partial charge on any atom is 0.229 e. The predicted molar refractivity (Wildman–Crippen MR) is 57.4 cm³/mol. The third-order valence-corrected chi connectivity index (χ3v) is 2.89. The molecule has 1 atom stereocenters. The quantitative estimate of drug-likeness (QED) is 0.752. The van der Waals surface area contributed by atoms with Crippen LogP contribution in [0.2, 0.25) is 0 Å². The SMILES string of the molecule is Cn1cc(CCC2CCC(=O)NC2=O)cn1. The summed E-state index contributed by atoms with van der Waals surface area (Å²) < 4.78 is 1.75. The number of hydrogen-bond acceptors (Lipinski definition) is 3. The Morgan fingerprint density at radius 1 is 1.56 bits per heavy atom. The number of carbonyl (C=O) groups excluding carboxylic acids is 2. The van der Waals surface area contributed by atoms with Crippen LogP contribution >= 0.6 is 0 Å². The van der Waals surface area contributed by atoms with Crippen molar-refractivity contribution in [3.05, 3.63) is 18.0 Å². The third kappa shape index (κ3) is 2.48. The maximum atomic E-state index is 11.5. The average Bonchev–Trinajstić information content (AvgIpc) is 2.63. The molecule has 5 nitrogen and oxygen atoms in total. The maximum absolute atomic E-state index is 11.5. The first-order valence-electron chi connectivity index (χ1n) is 5.46. The molecule has 0 saturated carbocycles. The molecule has 1 saturated heterocycles. The Kier molecular flexibility index (Phi) is 3.03. The molecule has 2 amide bonds. The van der Waals surface area contributed by atoms with Crippen molar-refractivity contribution in [2.24, 2.45) is 13.0 Å². The molecule has 0 radical (unpaired) electrons. The molecule has 1 aliphatic rings. The summed E-state index contributed by atoms with van der Waals surface area (Å²) in [5, 5.41) is 6.45. The van der Waals surface area contributed by atoms with Crippen molar-refractivity contribution in [3.63, 3.8) is 0 Å². The molecule has 2 rings (SSSR count). The first-order valence-corrected chi connectivity index (χ1v) is 5.46. The fourth-order valence-corrected chi connectivity index (χ4v) is 1.96. The Hall–Kier alpha value is -1.65. The van der Waals surface area contributed by atoms with Crippen LogP contribution in [0.1, 0.15) is 24.8 Å². The Labute approximate surface area is 93.8 Å². The number of aromatic nitrogens is 2. The van der Waals surface area contributed by atoms with Gasteiger partial charge in [-0.3, -0.25) is 19.6 Å². The fourth-order valence-electron chi connectivity index (χ4n) is 1.96. The van der Waals surface area contributed by atoms with E-state index in [1.54, 1.807) is 4.68 Å². The molecule has 1 aromatic heterocycles. The van der Waals surface area contributed by atoms with Gasteiger partial charge in [0.05, 0.1) is 6.20 Å². The summed E-state index contributed by atoms with van der Waals surface area (Å²) in [6.45, 7) is 0. The molecule has 16 heavy (non-hydrogen) atoms. The van der Waals surface area contributed by atoms with Crippen LogP contribution in [0.4, 0.5) is 0 Å².